The van der Waals surface area contributed by atoms with Gasteiger partial charge in [0, 0.05) is 5.56 Å². The molecule has 0 saturated carbocycles. The summed E-state index contributed by atoms with van der Waals surface area (Å²) >= 11 is 0. The number of rotatable bonds is 3. The lowest BCUT2D eigenvalue weighted by atomic mass is 9.95. The molecule has 3 aromatic rings. The molecule has 25 heavy (non-hydrogen) atoms. The molecule has 1 aliphatic rings. The Bertz CT molecular complexity index is 946. The van der Waals surface area contributed by atoms with Gasteiger partial charge in [-0.3, -0.25) is 0 Å². The molecule has 1 aliphatic heterocycles. The van der Waals surface area contributed by atoms with Crippen molar-refractivity contribution in [2.45, 2.75) is 19.6 Å². The van der Waals surface area contributed by atoms with Gasteiger partial charge >= 0.3 is 11.8 Å². The summed E-state index contributed by atoms with van der Waals surface area (Å²) in [4.78, 5) is 12.5. The molecule has 0 N–H and O–H groups in total. The summed E-state index contributed by atoms with van der Waals surface area (Å²) in [6.45, 7) is 4.03. The number of aryl methyl sites for hydroxylation is 2. The Morgan fingerprint density at radius 3 is 2.36 bits per heavy atom. The normalized spacial score (nSPS) is 18.6. The highest BCUT2D eigenvalue weighted by Crippen LogP contribution is 2.43. The maximum Gasteiger partial charge on any atom is 0.342 e. The van der Waals surface area contributed by atoms with E-state index in [1.54, 1.807) is 6.07 Å². The van der Waals surface area contributed by atoms with Crippen molar-refractivity contribution in [3.8, 4) is 5.75 Å². The van der Waals surface area contributed by atoms with Crippen molar-refractivity contribution in [3.63, 3.8) is 0 Å². The Labute approximate surface area is 146 Å². The summed E-state index contributed by atoms with van der Waals surface area (Å²) < 4.78 is 12.2. The molecule has 0 fully saturated rings. The van der Waals surface area contributed by atoms with E-state index in [-0.39, 0.29) is 5.97 Å². The van der Waals surface area contributed by atoms with Gasteiger partial charge in [0.15, 0.2) is 0 Å². The van der Waals surface area contributed by atoms with Gasteiger partial charge in [-0.05, 0) is 37.6 Å². The predicted molar refractivity (Wildman–Crippen MR) is 95.6 cm³/mol. The molecule has 0 spiro atoms. The summed E-state index contributed by atoms with van der Waals surface area (Å²) in [5.41, 5.74) is 4.20. The second kappa shape index (κ2) is 5.78. The largest absolute Gasteiger partial charge is 0.444 e. The molecule has 0 unspecified atom stereocenters. The lowest BCUT2D eigenvalue weighted by molar-refractivity contribution is -0.109. The van der Waals surface area contributed by atoms with Crippen LogP contribution in [0.5, 0.6) is 5.75 Å². The maximum atomic E-state index is 12.5. The van der Waals surface area contributed by atoms with Crippen LogP contribution in [0.2, 0.25) is 0 Å². The first kappa shape index (κ1) is 15.5. The van der Waals surface area contributed by atoms with E-state index in [1.807, 2.05) is 74.5 Å². The SMILES string of the molecule is Cc1ccc(O[C@]2(c3ccccc3)OC(=O)c3ccccc32)c(C)c1. The standard InChI is InChI=1S/C22H18O3/c1-15-12-13-20(16(2)14-15)24-22(17-8-4-3-5-9-17)19-11-7-6-10-18(19)21(23)25-22/h3-14H,1-2H3/t22-/m1/s1. The van der Waals surface area contributed by atoms with E-state index < -0.39 is 5.79 Å². The van der Waals surface area contributed by atoms with Gasteiger partial charge in [0.2, 0.25) is 0 Å². The lowest BCUT2D eigenvalue weighted by Crippen LogP contribution is -2.35. The minimum atomic E-state index is -1.27. The van der Waals surface area contributed by atoms with Crippen LogP contribution in [0, 0.1) is 13.8 Å². The maximum absolute atomic E-state index is 12.5. The van der Waals surface area contributed by atoms with Crippen LogP contribution in [0.3, 0.4) is 0 Å². The molecule has 1 atom stereocenters. The molecule has 3 aromatic carbocycles. The number of hydrogen-bond acceptors (Lipinski definition) is 3. The van der Waals surface area contributed by atoms with Gasteiger partial charge in [-0.2, -0.15) is 0 Å². The highest BCUT2D eigenvalue weighted by Gasteiger charge is 2.49. The van der Waals surface area contributed by atoms with E-state index in [0.29, 0.717) is 11.3 Å². The van der Waals surface area contributed by atoms with Gasteiger partial charge in [-0.25, -0.2) is 4.79 Å². The average molecular weight is 330 g/mol. The molecule has 3 nitrogen and oxygen atoms in total. The van der Waals surface area contributed by atoms with Gasteiger partial charge in [-0.15, -0.1) is 0 Å². The van der Waals surface area contributed by atoms with Crippen molar-refractivity contribution in [2.24, 2.45) is 0 Å². The van der Waals surface area contributed by atoms with Crippen LogP contribution < -0.4 is 4.74 Å². The van der Waals surface area contributed by atoms with Gasteiger partial charge in [-0.1, -0.05) is 60.2 Å². The molecular weight excluding hydrogens is 312 g/mol. The first-order valence-corrected chi connectivity index (χ1v) is 8.25. The number of cyclic esters (lactones) is 1. The zero-order chi connectivity index (χ0) is 17.4. The van der Waals surface area contributed by atoms with E-state index in [1.165, 1.54) is 0 Å². The summed E-state index contributed by atoms with van der Waals surface area (Å²) in [7, 11) is 0. The molecule has 0 amide bonds. The van der Waals surface area contributed by atoms with Crippen molar-refractivity contribution in [1.29, 1.82) is 0 Å². The van der Waals surface area contributed by atoms with Crippen LogP contribution in [-0.4, -0.2) is 5.97 Å². The van der Waals surface area contributed by atoms with E-state index >= 15 is 0 Å². The fourth-order valence-corrected chi connectivity index (χ4v) is 3.26. The quantitative estimate of drug-likeness (QED) is 0.650. The molecule has 124 valence electrons. The number of benzene rings is 3. The van der Waals surface area contributed by atoms with Crippen molar-refractivity contribution in [1.82, 2.24) is 0 Å². The highest BCUT2D eigenvalue weighted by atomic mass is 16.7. The highest BCUT2D eigenvalue weighted by molar-refractivity contribution is 5.95. The van der Waals surface area contributed by atoms with Crippen LogP contribution >= 0.6 is 0 Å². The minimum Gasteiger partial charge on any atom is -0.444 e. The molecule has 0 bridgehead atoms. The number of carbonyl (C=O) groups excluding carboxylic acids is 1. The van der Waals surface area contributed by atoms with Crippen molar-refractivity contribution in [3.05, 3.63) is 101 Å². The monoisotopic (exact) mass is 330 g/mol. The molecule has 0 aliphatic carbocycles. The molecule has 3 heteroatoms. The first-order chi connectivity index (χ1) is 12.1. The van der Waals surface area contributed by atoms with Crippen molar-refractivity contribution in [2.75, 3.05) is 0 Å². The molecule has 0 saturated heterocycles. The first-order valence-electron chi connectivity index (χ1n) is 8.25. The van der Waals surface area contributed by atoms with E-state index in [0.717, 1.165) is 22.3 Å². The summed E-state index contributed by atoms with van der Waals surface area (Å²) in [6.07, 6.45) is 0. The third-order valence-electron chi connectivity index (χ3n) is 4.48. The molecular formula is C22H18O3. The summed E-state index contributed by atoms with van der Waals surface area (Å²) in [5, 5.41) is 0. The minimum absolute atomic E-state index is 0.371. The van der Waals surface area contributed by atoms with Crippen LogP contribution in [0.25, 0.3) is 0 Å². The van der Waals surface area contributed by atoms with Crippen molar-refractivity contribution < 1.29 is 14.3 Å². The van der Waals surface area contributed by atoms with Gasteiger partial charge in [0.05, 0.1) is 11.1 Å². The Morgan fingerprint density at radius 2 is 1.60 bits per heavy atom. The Balaban J connectivity index is 1.91. The predicted octanol–water partition coefficient (Wildman–Crippen LogP) is 4.75. The Hall–Kier alpha value is -3.07. The third kappa shape index (κ3) is 2.49. The lowest BCUT2D eigenvalue weighted by Gasteiger charge is -2.30. The summed E-state index contributed by atoms with van der Waals surface area (Å²) in [6, 6.07) is 22.9. The second-order valence-corrected chi connectivity index (χ2v) is 6.29. The van der Waals surface area contributed by atoms with Crippen LogP contribution in [0.15, 0.2) is 72.8 Å². The average Bonchev–Trinajstić information content (AvgIpc) is 2.92. The van der Waals surface area contributed by atoms with Gasteiger partial charge < -0.3 is 9.47 Å². The molecule has 0 aromatic heterocycles. The Morgan fingerprint density at radius 1 is 0.880 bits per heavy atom. The Kier molecular flexibility index (Phi) is 3.57. The number of carbonyl (C=O) groups is 1. The van der Waals surface area contributed by atoms with E-state index in [9.17, 15) is 4.79 Å². The summed E-state index contributed by atoms with van der Waals surface area (Å²) in [5.74, 6) is -0.947. The number of fused-ring (bicyclic) bond motifs is 1. The fourth-order valence-electron chi connectivity index (χ4n) is 3.26. The zero-order valence-corrected chi connectivity index (χ0v) is 14.2. The topological polar surface area (TPSA) is 35.5 Å². The van der Waals surface area contributed by atoms with Gasteiger partial charge in [0.25, 0.3) is 0 Å². The number of hydrogen-bond donors (Lipinski definition) is 0. The number of ether oxygens (including phenoxy) is 2. The number of esters is 1. The molecule has 0 radical (unpaired) electrons. The molecule has 1 heterocycles. The van der Waals surface area contributed by atoms with E-state index in [4.69, 9.17) is 9.47 Å². The van der Waals surface area contributed by atoms with Gasteiger partial charge in [0.1, 0.15) is 5.75 Å². The van der Waals surface area contributed by atoms with Crippen LogP contribution in [-0.2, 0) is 10.5 Å². The smallest absolute Gasteiger partial charge is 0.342 e. The fraction of sp³-hybridized carbons (Fsp3) is 0.136. The van der Waals surface area contributed by atoms with Crippen LogP contribution in [0.4, 0.5) is 0 Å². The third-order valence-corrected chi connectivity index (χ3v) is 4.48. The zero-order valence-electron chi connectivity index (χ0n) is 14.2. The van der Waals surface area contributed by atoms with E-state index in [2.05, 4.69) is 6.07 Å². The molecule has 4 rings (SSSR count). The second-order valence-electron chi connectivity index (χ2n) is 6.29. The van der Waals surface area contributed by atoms with Crippen LogP contribution in [0.1, 0.15) is 32.6 Å². The van der Waals surface area contributed by atoms with Crippen molar-refractivity contribution >= 4 is 5.97 Å².